The summed E-state index contributed by atoms with van der Waals surface area (Å²) in [6.45, 7) is 0.190. The highest BCUT2D eigenvalue weighted by Gasteiger charge is 2.50. The van der Waals surface area contributed by atoms with Gasteiger partial charge in [-0.05, 0) is 12.1 Å². The van der Waals surface area contributed by atoms with Crippen molar-refractivity contribution in [1.82, 2.24) is 5.32 Å². The van der Waals surface area contributed by atoms with Crippen molar-refractivity contribution in [2.75, 3.05) is 13.7 Å². The second kappa shape index (κ2) is 8.20. The van der Waals surface area contributed by atoms with Gasteiger partial charge < -0.3 is 24.3 Å². The van der Waals surface area contributed by atoms with Crippen molar-refractivity contribution in [3.63, 3.8) is 0 Å². The standard InChI is InChI=1S/C21H21NO6/c1-25-21-16(22-19(24)13-8-4-2-5-9-13)17(23)18-15(27-21)12-26-20(28-18)14-10-6-3-7-11-14/h2-11,15-16,18,20-21H,12H2,1H3,(H,22,24)/t15-,16+,18-,20-,21-/m0/s1. The Morgan fingerprint density at radius 1 is 1.04 bits per heavy atom. The summed E-state index contributed by atoms with van der Waals surface area (Å²) in [6.07, 6.45) is -3.03. The maximum absolute atomic E-state index is 13.1. The zero-order valence-electron chi connectivity index (χ0n) is 15.3. The zero-order chi connectivity index (χ0) is 19.5. The minimum Gasteiger partial charge on any atom is -0.353 e. The molecule has 1 N–H and O–H groups in total. The van der Waals surface area contributed by atoms with Gasteiger partial charge in [0.05, 0.1) is 6.61 Å². The Hall–Kier alpha value is -2.58. The summed E-state index contributed by atoms with van der Waals surface area (Å²) in [4.78, 5) is 25.6. The number of carbonyl (C=O) groups is 2. The molecule has 2 aromatic rings. The second-order valence-corrected chi connectivity index (χ2v) is 6.63. The van der Waals surface area contributed by atoms with Crippen LogP contribution in [0.4, 0.5) is 0 Å². The fourth-order valence-electron chi connectivity index (χ4n) is 3.38. The Kier molecular flexibility index (Phi) is 5.50. The summed E-state index contributed by atoms with van der Waals surface area (Å²) >= 11 is 0. The first-order valence-corrected chi connectivity index (χ1v) is 9.07. The Labute approximate surface area is 162 Å². The first-order chi connectivity index (χ1) is 13.7. The van der Waals surface area contributed by atoms with Crippen LogP contribution in [0.25, 0.3) is 0 Å². The van der Waals surface area contributed by atoms with Crippen molar-refractivity contribution in [2.45, 2.75) is 30.8 Å². The fourth-order valence-corrected chi connectivity index (χ4v) is 3.38. The highest BCUT2D eigenvalue weighted by atomic mass is 16.7. The van der Waals surface area contributed by atoms with Gasteiger partial charge in [0.25, 0.3) is 5.91 Å². The van der Waals surface area contributed by atoms with Gasteiger partial charge in [0.2, 0.25) is 0 Å². The number of hydrogen-bond acceptors (Lipinski definition) is 6. The molecule has 28 heavy (non-hydrogen) atoms. The zero-order valence-corrected chi connectivity index (χ0v) is 15.3. The minimum atomic E-state index is -0.978. The van der Waals surface area contributed by atoms with Crippen molar-refractivity contribution in [3.8, 4) is 0 Å². The van der Waals surface area contributed by atoms with Gasteiger partial charge in [0, 0.05) is 18.2 Å². The van der Waals surface area contributed by atoms with Crippen LogP contribution in [-0.2, 0) is 23.7 Å². The predicted octanol–water partition coefficient (Wildman–Crippen LogP) is 1.84. The molecule has 4 rings (SSSR count). The van der Waals surface area contributed by atoms with Crippen molar-refractivity contribution in [2.24, 2.45) is 0 Å². The number of hydrogen-bond donors (Lipinski definition) is 1. The number of rotatable bonds is 4. The molecule has 2 aliphatic rings. The molecule has 0 radical (unpaired) electrons. The van der Waals surface area contributed by atoms with E-state index in [1.54, 1.807) is 24.3 Å². The van der Waals surface area contributed by atoms with E-state index in [9.17, 15) is 9.59 Å². The molecule has 146 valence electrons. The first kappa shape index (κ1) is 18.8. The lowest BCUT2D eigenvalue weighted by Gasteiger charge is -2.43. The van der Waals surface area contributed by atoms with Gasteiger partial charge in [-0.25, -0.2) is 0 Å². The highest BCUT2D eigenvalue weighted by molar-refractivity contribution is 5.99. The monoisotopic (exact) mass is 383 g/mol. The van der Waals surface area contributed by atoms with Crippen LogP contribution in [0.5, 0.6) is 0 Å². The van der Waals surface area contributed by atoms with E-state index in [0.717, 1.165) is 5.56 Å². The molecule has 2 aliphatic heterocycles. The highest BCUT2D eigenvalue weighted by Crippen LogP contribution is 2.32. The molecule has 2 saturated heterocycles. The molecule has 0 aromatic heterocycles. The molecule has 0 unspecified atom stereocenters. The van der Waals surface area contributed by atoms with E-state index >= 15 is 0 Å². The molecule has 0 spiro atoms. The number of ether oxygens (including phenoxy) is 4. The number of ketones is 1. The van der Waals surface area contributed by atoms with Crippen LogP contribution >= 0.6 is 0 Å². The van der Waals surface area contributed by atoms with E-state index in [0.29, 0.717) is 5.56 Å². The van der Waals surface area contributed by atoms with Crippen molar-refractivity contribution < 1.29 is 28.5 Å². The largest absolute Gasteiger partial charge is 0.353 e. The lowest BCUT2D eigenvalue weighted by molar-refractivity contribution is -0.302. The number of methoxy groups -OCH3 is 1. The van der Waals surface area contributed by atoms with Gasteiger partial charge in [-0.3, -0.25) is 9.59 Å². The topological polar surface area (TPSA) is 83.1 Å². The summed E-state index contributed by atoms with van der Waals surface area (Å²) in [5.74, 6) is -0.675. The molecule has 0 saturated carbocycles. The smallest absolute Gasteiger partial charge is 0.252 e. The van der Waals surface area contributed by atoms with E-state index < -0.39 is 30.8 Å². The molecule has 2 heterocycles. The van der Waals surface area contributed by atoms with Gasteiger partial charge in [-0.15, -0.1) is 0 Å². The average Bonchev–Trinajstić information content (AvgIpc) is 2.76. The van der Waals surface area contributed by atoms with Crippen molar-refractivity contribution in [1.29, 1.82) is 0 Å². The maximum Gasteiger partial charge on any atom is 0.252 e. The van der Waals surface area contributed by atoms with E-state index in [1.807, 2.05) is 36.4 Å². The fraction of sp³-hybridized carbons (Fsp3) is 0.333. The summed E-state index contributed by atoms with van der Waals surface area (Å²) in [6, 6.07) is 17.1. The van der Waals surface area contributed by atoms with Gasteiger partial charge in [0.1, 0.15) is 18.2 Å². The van der Waals surface area contributed by atoms with Crippen molar-refractivity contribution >= 4 is 11.7 Å². The third-order valence-corrected chi connectivity index (χ3v) is 4.81. The van der Waals surface area contributed by atoms with Crippen molar-refractivity contribution in [3.05, 3.63) is 71.8 Å². The van der Waals surface area contributed by atoms with Crippen LogP contribution in [0.2, 0.25) is 0 Å². The molecule has 2 fully saturated rings. The third kappa shape index (κ3) is 3.70. The Morgan fingerprint density at radius 2 is 1.71 bits per heavy atom. The van der Waals surface area contributed by atoms with Gasteiger partial charge >= 0.3 is 0 Å². The molecule has 5 atom stereocenters. The molecular weight excluding hydrogens is 362 g/mol. The lowest BCUT2D eigenvalue weighted by Crippen LogP contribution is -2.64. The van der Waals surface area contributed by atoms with Gasteiger partial charge in [-0.2, -0.15) is 0 Å². The van der Waals surface area contributed by atoms with Crippen LogP contribution in [0, 0.1) is 0 Å². The number of benzene rings is 2. The summed E-state index contributed by atoms with van der Waals surface area (Å²) in [7, 11) is 1.43. The third-order valence-electron chi connectivity index (χ3n) is 4.81. The number of Topliss-reactive ketones (excluding diaryl/α,β-unsaturated/α-hetero) is 1. The summed E-state index contributed by atoms with van der Waals surface area (Å²) < 4.78 is 22.8. The van der Waals surface area contributed by atoms with Gasteiger partial charge in [-0.1, -0.05) is 48.5 Å². The molecule has 7 heteroatoms. The number of amides is 1. The van der Waals surface area contributed by atoms with E-state index in [1.165, 1.54) is 7.11 Å². The number of nitrogens with one attached hydrogen (secondary N) is 1. The molecule has 7 nitrogen and oxygen atoms in total. The normalized spacial score (nSPS) is 29.8. The van der Waals surface area contributed by atoms with Crippen LogP contribution in [0.3, 0.4) is 0 Å². The summed E-state index contributed by atoms with van der Waals surface area (Å²) in [5.41, 5.74) is 1.26. The van der Waals surface area contributed by atoms with E-state index in [-0.39, 0.29) is 18.3 Å². The Bertz CT molecular complexity index is 827. The number of fused-ring (bicyclic) bond motifs is 1. The average molecular weight is 383 g/mol. The molecule has 0 aliphatic carbocycles. The summed E-state index contributed by atoms with van der Waals surface area (Å²) in [5, 5.41) is 2.71. The minimum absolute atomic E-state index is 0.190. The maximum atomic E-state index is 13.1. The van der Waals surface area contributed by atoms with Crippen LogP contribution in [-0.4, -0.2) is 49.9 Å². The van der Waals surface area contributed by atoms with Crippen LogP contribution in [0.1, 0.15) is 22.2 Å². The molecule has 2 aromatic carbocycles. The lowest BCUT2D eigenvalue weighted by atomic mass is 9.97. The quantitative estimate of drug-likeness (QED) is 0.868. The van der Waals surface area contributed by atoms with E-state index in [4.69, 9.17) is 18.9 Å². The molecule has 0 bridgehead atoms. The van der Waals surface area contributed by atoms with Gasteiger partial charge in [0.15, 0.2) is 18.4 Å². The molecular formula is C21H21NO6. The predicted molar refractivity (Wildman–Crippen MR) is 98.4 cm³/mol. The van der Waals surface area contributed by atoms with Crippen LogP contribution in [0.15, 0.2) is 60.7 Å². The Morgan fingerprint density at radius 3 is 2.39 bits per heavy atom. The molecule has 1 amide bonds. The first-order valence-electron chi connectivity index (χ1n) is 9.07. The Balaban J connectivity index is 1.51. The SMILES string of the molecule is CO[C@H]1O[C@H]2CO[C@H](c3ccccc3)O[C@@H]2C(=O)[C@H]1NC(=O)c1ccccc1. The van der Waals surface area contributed by atoms with E-state index in [2.05, 4.69) is 5.32 Å². The van der Waals surface area contributed by atoms with Crippen LogP contribution < -0.4 is 5.32 Å². The second-order valence-electron chi connectivity index (χ2n) is 6.63. The number of carbonyl (C=O) groups excluding carboxylic acids is 2.